The molecule has 1 heterocycles. The van der Waals surface area contributed by atoms with Crippen molar-refractivity contribution < 1.29 is 4.79 Å². The van der Waals surface area contributed by atoms with Gasteiger partial charge in [-0.15, -0.1) is 11.6 Å². The van der Waals surface area contributed by atoms with Crippen molar-refractivity contribution in [3.8, 4) is 0 Å². The number of hydrogen-bond acceptors (Lipinski definition) is 2. The molecule has 4 nitrogen and oxygen atoms in total. The quantitative estimate of drug-likeness (QED) is 0.795. The van der Waals surface area contributed by atoms with Crippen LogP contribution in [0.2, 0.25) is 0 Å². The summed E-state index contributed by atoms with van der Waals surface area (Å²) in [5.41, 5.74) is 1.40. The lowest BCUT2D eigenvalue weighted by Crippen LogP contribution is -2.36. The zero-order valence-electron chi connectivity index (χ0n) is 9.25. The van der Waals surface area contributed by atoms with Crippen molar-refractivity contribution in [3.05, 3.63) is 17.5 Å². The Bertz CT molecular complexity index is 344. The average Bonchev–Trinajstić information content (AvgIpc) is 2.54. The minimum Gasteiger partial charge on any atom is -0.347 e. The fourth-order valence-corrected chi connectivity index (χ4v) is 1.63. The summed E-state index contributed by atoms with van der Waals surface area (Å²) in [6.45, 7) is 3.84. The highest BCUT2D eigenvalue weighted by atomic mass is 35.5. The fraction of sp³-hybridized carbons (Fsp3) is 0.600. The highest BCUT2D eigenvalue weighted by Gasteiger charge is 2.14. The van der Waals surface area contributed by atoms with Crippen molar-refractivity contribution in [1.29, 1.82) is 0 Å². The molecule has 1 N–H and O–H groups in total. The maximum Gasteiger partial charge on any atom is 0.269 e. The van der Waals surface area contributed by atoms with E-state index in [2.05, 4.69) is 10.4 Å². The van der Waals surface area contributed by atoms with Crippen LogP contribution in [-0.4, -0.2) is 27.6 Å². The van der Waals surface area contributed by atoms with Crippen molar-refractivity contribution in [3.63, 3.8) is 0 Å². The molecular formula is C10H16ClN3O. The van der Waals surface area contributed by atoms with Crippen LogP contribution in [0.4, 0.5) is 0 Å². The molecule has 0 aliphatic rings. The summed E-state index contributed by atoms with van der Waals surface area (Å²) in [7, 11) is 1.75. The Morgan fingerprint density at radius 1 is 1.73 bits per heavy atom. The summed E-state index contributed by atoms with van der Waals surface area (Å²) in [6, 6.07) is 1.78. The van der Waals surface area contributed by atoms with Crippen LogP contribution < -0.4 is 5.32 Å². The van der Waals surface area contributed by atoms with Gasteiger partial charge in [-0.25, -0.2) is 0 Å². The first-order chi connectivity index (χ1) is 7.08. The SMILES string of the molecule is CCC(CCl)NC(=O)c1cc(C)nn1C. The Morgan fingerprint density at radius 3 is 2.80 bits per heavy atom. The van der Waals surface area contributed by atoms with Crippen LogP contribution in [0.15, 0.2) is 6.07 Å². The lowest BCUT2D eigenvalue weighted by Gasteiger charge is -2.13. The Kier molecular flexibility index (Phi) is 4.15. The molecular weight excluding hydrogens is 214 g/mol. The lowest BCUT2D eigenvalue weighted by molar-refractivity contribution is 0.0930. The predicted octanol–water partition coefficient (Wildman–Crippen LogP) is 1.48. The molecule has 15 heavy (non-hydrogen) atoms. The van der Waals surface area contributed by atoms with E-state index in [1.165, 1.54) is 0 Å². The van der Waals surface area contributed by atoms with Crippen LogP contribution in [0.25, 0.3) is 0 Å². The molecule has 84 valence electrons. The van der Waals surface area contributed by atoms with E-state index in [4.69, 9.17) is 11.6 Å². The number of rotatable bonds is 4. The van der Waals surface area contributed by atoms with Crippen molar-refractivity contribution in [2.75, 3.05) is 5.88 Å². The van der Waals surface area contributed by atoms with E-state index in [0.29, 0.717) is 11.6 Å². The highest BCUT2D eigenvalue weighted by molar-refractivity contribution is 6.18. The number of aryl methyl sites for hydroxylation is 2. The third-order valence-electron chi connectivity index (χ3n) is 2.25. The molecule has 5 heteroatoms. The monoisotopic (exact) mass is 229 g/mol. The molecule has 0 bridgehead atoms. The molecule has 0 aliphatic carbocycles. The summed E-state index contributed by atoms with van der Waals surface area (Å²) in [5.74, 6) is 0.310. The number of carbonyl (C=O) groups excluding carboxylic acids is 1. The van der Waals surface area contributed by atoms with Gasteiger partial charge in [0.1, 0.15) is 5.69 Å². The molecule has 0 saturated heterocycles. The highest BCUT2D eigenvalue weighted by Crippen LogP contribution is 2.03. The number of nitrogens with one attached hydrogen (secondary N) is 1. The first-order valence-corrected chi connectivity index (χ1v) is 5.49. The normalized spacial score (nSPS) is 12.5. The Labute approximate surface area is 94.6 Å². The minimum absolute atomic E-state index is 0.0226. The molecule has 1 amide bonds. The van der Waals surface area contributed by atoms with E-state index >= 15 is 0 Å². The topological polar surface area (TPSA) is 46.9 Å². The number of hydrogen-bond donors (Lipinski definition) is 1. The van der Waals surface area contributed by atoms with Gasteiger partial charge in [-0.2, -0.15) is 5.10 Å². The molecule has 0 aromatic carbocycles. The predicted molar refractivity (Wildman–Crippen MR) is 60.2 cm³/mol. The summed E-state index contributed by atoms with van der Waals surface area (Å²) in [4.78, 5) is 11.8. The van der Waals surface area contributed by atoms with Gasteiger partial charge in [0.2, 0.25) is 0 Å². The van der Waals surface area contributed by atoms with Gasteiger partial charge in [0, 0.05) is 19.0 Å². The first kappa shape index (κ1) is 12.0. The van der Waals surface area contributed by atoms with Gasteiger partial charge in [0.05, 0.1) is 5.69 Å². The van der Waals surface area contributed by atoms with Gasteiger partial charge >= 0.3 is 0 Å². The van der Waals surface area contributed by atoms with Gasteiger partial charge in [-0.3, -0.25) is 9.48 Å². The van der Waals surface area contributed by atoms with Gasteiger partial charge in [-0.05, 0) is 19.4 Å². The zero-order chi connectivity index (χ0) is 11.4. The van der Waals surface area contributed by atoms with Crippen LogP contribution in [0.1, 0.15) is 29.5 Å². The average molecular weight is 230 g/mol. The molecule has 0 aliphatic heterocycles. The Hall–Kier alpha value is -1.03. The molecule has 0 spiro atoms. The van der Waals surface area contributed by atoms with Crippen molar-refractivity contribution >= 4 is 17.5 Å². The third-order valence-corrected chi connectivity index (χ3v) is 2.62. The van der Waals surface area contributed by atoms with Crippen LogP contribution in [0.3, 0.4) is 0 Å². The lowest BCUT2D eigenvalue weighted by atomic mass is 10.2. The number of nitrogens with zero attached hydrogens (tertiary/aromatic N) is 2. The van der Waals surface area contributed by atoms with E-state index in [1.807, 2.05) is 13.8 Å². The van der Waals surface area contributed by atoms with Gasteiger partial charge in [-0.1, -0.05) is 6.92 Å². The van der Waals surface area contributed by atoms with Crippen LogP contribution in [0.5, 0.6) is 0 Å². The number of carbonyl (C=O) groups is 1. The first-order valence-electron chi connectivity index (χ1n) is 4.96. The molecule has 1 aromatic heterocycles. The van der Waals surface area contributed by atoms with Crippen LogP contribution >= 0.6 is 11.6 Å². The maximum absolute atomic E-state index is 11.8. The van der Waals surface area contributed by atoms with E-state index in [9.17, 15) is 4.79 Å². The molecule has 1 aromatic rings. The van der Waals surface area contributed by atoms with Crippen molar-refractivity contribution in [2.24, 2.45) is 7.05 Å². The van der Waals surface area contributed by atoms with Gasteiger partial charge in [0.25, 0.3) is 5.91 Å². The van der Waals surface area contributed by atoms with E-state index in [-0.39, 0.29) is 11.9 Å². The largest absolute Gasteiger partial charge is 0.347 e. The van der Waals surface area contributed by atoms with Crippen molar-refractivity contribution in [2.45, 2.75) is 26.3 Å². The molecule has 0 fully saturated rings. The number of halogens is 1. The summed E-state index contributed by atoms with van der Waals surface area (Å²) < 4.78 is 1.58. The smallest absolute Gasteiger partial charge is 0.269 e. The summed E-state index contributed by atoms with van der Waals surface area (Å²) >= 11 is 5.71. The Morgan fingerprint density at radius 2 is 2.40 bits per heavy atom. The molecule has 1 atom stereocenters. The fourth-order valence-electron chi connectivity index (χ4n) is 1.33. The van der Waals surface area contributed by atoms with E-state index in [1.54, 1.807) is 17.8 Å². The number of aromatic nitrogens is 2. The Balaban J connectivity index is 2.72. The zero-order valence-corrected chi connectivity index (χ0v) is 10.0. The molecule has 0 radical (unpaired) electrons. The number of alkyl halides is 1. The molecule has 0 saturated carbocycles. The molecule has 1 unspecified atom stereocenters. The maximum atomic E-state index is 11.8. The minimum atomic E-state index is -0.120. The van der Waals surface area contributed by atoms with Crippen LogP contribution in [0, 0.1) is 6.92 Å². The number of amides is 1. The van der Waals surface area contributed by atoms with Gasteiger partial charge in [0.15, 0.2) is 0 Å². The van der Waals surface area contributed by atoms with Crippen molar-refractivity contribution in [1.82, 2.24) is 15.1 Å². The summed E-state index contributed by atoms with van der Waals surface area (Å²) in [6.07, 6.45) is 0.825. The van der Waals surface area contributed by atoms with Crippen LogP contribution in [-0.2, 0) is 7.05 Å². The van der Waals surface area contributed by atoms with E-state index in [0.717, 1.165) is 12.1 Å². The second-order valence-corrected chi connectivity index (χ2v) is 3.84. The third kappa shape index (κ3) is 2.96. The standard InChI is InChI=1S/C10H16ClN3O/c1-4-8(6-11)12-10(15)9-5-7(2)13-14(9)3/h5,8H,4,6H2,1-3H3,(H,12,15). The summed E-state index contributed by atoms with van der Waals surface area (Å²) in [5, 5.41) is 6.97. The molecule has 1 rings (SSSR count). The second-order valence-electron chi connectivity index (χ2n) is 3.53. The van der Waals surface area contributed by atoms with E-state index < -0.39 is 0 Å². The van der Waals surface area contributed by atoms with Gasteiger partial charge < -0.3 is 5.32 Å². The second kappa shape index (κ2) is 5.16.